The van der Waals surface area contributed by atoms with E-state index in [-0.39, 0.29) is 29.9 Å². The molecular formula is C21H20F4N4O3. The Labute approximate surface area is 180 Å². The zero-order chi connectivity index (χ0) is 22.9. The topological polar surface area (TPSA) is 91.3 Å². The predicted molar refractivity (Wildman–Crippen MR) is 107 cm³/mol. The van der Waals surface area contributed by atoms with Crippen LogP contribution in [-0.4, -0.2) is 39.1 Å². The number of aromatic amines is 1. The first-order chi connectivity index (χ1) is 15.2. The van der Waals surface area contributed by atoms with Crippen molar-refractivity contribution in [1.29, 1.82) is 0 Å². The molecule has 170 valence electrons. The quantitative estimate of drug-likeness (QED) is 0.397. The number of ether oxygens (including phenoxy) is 1. The first kappa shape index (κ1) is 21.8. The number of nitrogens with one attached hydrogen (secondary N) is 1. The number of halogens is 4. The van der Waals surface area contributed by atoms with Gasteiger partial charge in [0.05, 0.1) is 11.0 Å². The molecule has 0 bridgehead atoms. The van der Waals surface area contributed by atoms with E-state index in [1.807, 2.05) is 0 Å². The Balaban J connectivity index is 1.40. The summed E-state index contributed by atoms with van der Waals surface area (Å²) < 4.78 is 54.6. The third-order valence-electron chi connectivity index (χ3n) is 5.59. The van der Waals surface area contributed by atoms with Gasteiger partial charge in [-0.15, -0.1) is 13.2 Å². The number of aromatic nitrogens is 3. The average Bonchev–Trinajstić information content (AvgIpc) is 3.14. The van der Waals surface area contributed by atoms with Crippen LogP contribution in [-0.2, 0) is 0 Å². The van der Waals surface area contributed by atoms with Gasteiger partial charge in [-0.1, -0.05) is 6.07 Å². The van der Waals surface area contributed by atoms with Crippen LogP contribution in [0.2, 0.25) is 0 Å². The van der Waals surface area contributed by atoms with Crippen LogP contribution >= 0.6 is 0 Å². The molecule has 0 unspecified atom stereocenters. The number of carboxylic acid groups (broad SMARTS) is 1. The smallest absolute Gasteiger partial charge is 0.465 e. The third kappa shape index (κ3) is 5.09. The van der Waals surface area contributed by atoms with Crippen LogP contribution in [0, 0.1) is 11.9 Å². The van der Waals surface area contributed by atoms with E-state index in [1.54, 1.807) is 0 Å². The van der Waals surface area contributed by atoms with Gasteiger partial charge in [-0.05, 0) is 55.9 Å². The second-order valence-corrected chi connectivity index (χ2v) is 7.78. The van der Waals surface area contributed by atoms with E-state index in [9.17, 15) is 27.5 Å². The van der Waals surface area contributed by atoms with Crippen molar-refractivity contribution in [3.63, 3.8) is 0 Å². The number of hydrogen-bond donors (Lipinski definition) is 2. The lowest BCUT2D eigenvalue weighted by atomic mass is 9.81. The summed E-state index contributed by atoms with van der Waals surface area (Å²) in [7, 11) is 0. The number of H-pyrrole nitrogens is 1. The highest BCUT2D eigenvalue weighted by atomic mass is 19.4. The fourth-order valence-corrected chi connectivity index (χ4v) is 4.09. The van der Waals surface area contributed by atoms with Gasteiger partial charge in [0.25, 0.3) is 0 Å². The second-order valence-electron chi connectivity index (χ2n) is 7.78. The third-order valence-corrected chi connectivity index (χ3v) is 5.59. The number of nitrogens with zero attached hydrogens (tertiary/aromatic N) is 3. The zero-order valence-electron chi connectivity index (χ0n) is 16.8. The summed E-state index contributed by atoms with van der Waals surface area (Å²) in [5.74, 6) is -0.173. The summed E-state index contributed by atoms with van der Waals surface area (Å²) >= 11 is 0. The van der Waals surface area contributed by atoms with Crippen molar-refractivity contribution in [2.24, 2.45) is 5.92 Å². The number of benzene rings is 1. The van der Waals surface area contributed by atoms with Crippen LogP contribution in [0.5, 0.6) is 5.75 Å². The molecule has 1 fully saturated rings. The molecule has 0 spiro atoms. The first-order valence-corrected chi connectivity index (χ1v) is 10.1. The number of rotatable bonds is 5. The fraction of sp³-hybridized carbons (Fsp3) is 0.381. The lowest BCUT2D eigenvalue weighted by Gasteiger charge is -2.30. The molecule has 3 aromatic rings. The number of amides is 1. The molecule has 7 nitrogen and oxygen atoms in total. The summed E-state index contributed by atoms with van der Waals surface area (Å²) in [6, 6.07) is 7.98. The van der Waals surface area contributed by atoms with Crippen molar-refractivity contribution in [3.8, 4) is 5.75 Å². The molecule has 0 saturated heterocycles. The highest BCUT2D eigenvalue weighted by Gasteiger charge is 2.32. The van der Waals surface area contributed by atoms with Gasteiger partial charge in [0.1, 0.15) is 17.4 Å². The number of imidazole rings is 1. The van der Waals surface area contributed by atoms with E-state index >= 15 is 0 Å². The van der Waals surface area contributed by atoms with Crippen molar-refractivity contribution in [2.45, 2.75) is 38.0 Å². The van der Waals surface area contributed by atoms with Gasteiger partial charge in [0, 0.05) is 18.5 Å². The van der Waals surface area contributed by atoms with Gasteiger partial charge < -0.3 is 14.8 Å². The van der Waals surface area contributed by atoms with E-state index in [0.717, 1.165) is 36.6 Å². The maximum absolute atomic E-state index is 13.4. The maximum atomic E-state index is 13.4. The number of alkyl halides is 3. The molecule has 1 aliphatic carbocycles. The van der Waals surface area contributed by atoms with Crippen molar-refractivity contribution in [1.82, 2.24) is 15.0 Å². The van der Waals surface area contributed by atoms with E-state index in [0.29, 0.717) is 16.9 Å². The van der Waals surface area contributed by atoms with Gasteiger partial charge in [-0.2, -0.15) is 4.39 Å². The lowest BCUT2D eigenvalue weighted by Crippen LogP contribution is -2.36. The molecule has 1 amide bonds. The standard InChI is InChI=1S/C21H20F4N4O3/c22-17-2-1-3-18(28-17)29(20(30)31)11-12-4-6-13(7-5-12)19-26-15-9-8-14(10-16(15)27-19)32-21(23,24)25/h1-3,8-10,12-13H,4-7,11H2,(H,26,27)(H,30,31). The molecule has 0 aliphatic heterocycles. The van der Waals surface area contributed by atoms with Crippen LogP contribution < -0.4 is 9.64 Å². The molecule has 0 atom stereocenters. The van der Waals surface area contributed by atoms with Gasteiger partial charge in [-0.3, -0.25) is 4.90 Å². The summed E-state index contributed by atoms with van der Waals surface area (Å²) in [5.41, 5.74) is 1.00. The molecule has 2 N–H and O–H groups in total. The number of hydrogen-bond acceptors (Lipinski definition) is 4. The fourth-order valence-electron chi connectivity index (χ4n) is 4.09. The van der Waals surface area contributed by atoms with Crippen molar-refractivity contribution >= 4 is 22.9 Å². The Morgan fingerprint density at radius 1 is 1.16 bits per heavy atom. The predicted octanol–water partition coefficient (Wildman–Crippen LogP) is 5.45. The van der Waals surface area contributed by atoms with Crippen LogP contribution in [0.1, 0.15) is 37.4 Å². The molecule has 11 heteroatoms. The molecule has 1 saturated carbocycles. The number of pyridine rings is 1. The van der Waals surface area contributed by atoms with Gasteiger partial charge in [-0.25, -0.2) is 14.8 Å². The van der Waals surface area contributed by atoms with Crippen molar-refractivity contribution < 1.29 is 32.2 Å². The van der Waals surface area contributed by atoms with E-state index in [4.69, 9.17) is 0 Å². The van der Waals surface area contributed by atoms with E-state index in [1.165, 1.54) is 30.3 Å². The van der Waals surface area contributed by atoms with Crippen molar-refractivity contribution in [2.75, 3.05) is 11.4 Å². The SMILES string of the molecule is O=C(O)N(CC1CCC(c2nc3ccc(OC(F)(F)F)cc3[nH]2)CC1)c1cccc(F)n1. The Bertz CT molecular complexity index is 1110. The summed E-state index contributed by atoms with van der Waals surface area (Å²) in [5, 5.41) is 9.52. The van der Waals surface area contributed by atoms with Crippen LogP contribution in [0.25, 0.3) is 11.0 Å². The van der Waals surface area contributed by atoms with Gasteiger partial charge >= 0.3 is 12.5 Å². The van der Waals surface area contributed by atoms with Crippen LogP contribution in [0.3, 0.4) is 0 Å². The highest BCUT2D eigenvalue weighted by Crippen LogP contribution is 2.36. The van der Waals surface area contributed by atoms with E-state index in [2.05, 4.69) is 19.7 Å². The molecule has 2 aromatic heterocycles. The molecule has 1 aromatic carbocycles. The summed E-state index contributed by atoms with van der Waals surface area (Å²) in [6.07, 6.45) is -3.04. The Hall–Kier alpha value is -3.37. The molecule has 0 radical (unpaired) electrons. The number of fused-ring (bicyclic) bond motifs is 1. The minimum absolute atomic E-state index is 0.0498. The normalized spacial score (nSPS) is 19.1. The number of carbonyl (C=O) groups is 1. The summed E-state index contributed by atoms with van der Waals surface area (Å²) in [4.78, 5) is 23.9. The minimum Gasteiger partial charge on any atom is -0.465 e. The molecule has 32 heavy (non-hydrogen) atoms. The Morgan fingerprint density at radius 2 is 1.91 bits per heavy atom. The average molecular weight is 452 g/mol. The van der Waals surface area contributed by atoms with Gasteiger partial charge in [0.2, 0.25) is 5.95 Å². The Morgan fingerprint density at radius 3 is 2.56 bits per heavy atom. The zero-order valence-corrected chi connectivity index (χ0v) is 16.8. The summed E-state index contributed by atoms with van der Waals surface area (Å²) in [6.45, 7) is 0.205. The lowest BCUT2D eigenvalue weighted by molar-refractivity contribution is -0.274. The monoisotopic (exact) mass is 452 g/mol. The van der Waals surface area contributed by atoms with Crippen LogP contribution in [0.4, 0.5) is 28.2 Å². The maximum Gasteiger partial charge on any atom is 0.573 e. The second kappa shape index (κ2) is 8.64. The Kier molecular flexibility index (Phi) is 5.90. The molecule has 2 heterocycles. The largest absolute Gasteiger partial charge is 0.573 e. The molecular weight excluding hydrogens is 432 g/mol. The molecule has 1 aliphatic rings. The highest BCUT2D eigenvalue weighted by molar-refractivity contribution is 5.84. The van der Waals surface area contributed by atoms with Crippen LogP contribution in [0.15, 0.2) is 36.4 Å². The van der Waals surface area contributed by atoms with Gasteiger partial charge in [0.15, 0.2) is 0 Å². The number of anilines is 1. The first-order valence-electron chi connectivity index (χ1n) is 10.1. The molecule has 4 rings (SSSR count). The van der Waals surface area contributed by atoms with E-state index < -0.39 is 18.4 Å². The minimum atomic E-state index is -4.76. The van der Waals surface area contributed by atoms with Crippen molar-refractivity contribution in [3.05, 3.63) is 48.2 Å².